The van der Waals surface area contributed by atoms with Gasteiger partial charge in [0.05, 0.1) is 0 Å². The summed E-state index contributed by atoms with van der Waals surface area (Å²) in [6.07, 6.45) is 0. The second kappa shape index (κ2) is 3.80. The molecule has 0 aliphatic carbocycles. The van der Waals surface area contributed by atoms with Crippen molar-refractivity contribution in [2.75, 3.05) is 0 Å². The molecule has 1 rings (SSSR count). The highest BCUT2D eigenvalue weighted by atomic mass is 19.1. The van der Waals surface area contributed by atoms with Gasteiger partial charge in [0, 0.05) is 0 Å². The molecule has 0 bridgehead atoms. The topological polar surface area (TPSA) is 26.3 Å². The quantitative estimate of drug-likeness (QED) is 0.400. The Balaban J connectivity index is 2.81. The summed E-state index contributed by atoms with van der Waals surface area (Å²) in [5, 5.41) is 0. The van der Waals surface area contributed by atoms with E-state index in [9.17, 15) is 13.6 Å². The van der Waals surface area contributed by atoms with Crippen LogP contribution in [0.4, 0.5) is 8.78 Å². The zero-order valence-electron chi connectivity index (χ0n) is 6.59. The molecule has 0 fully saturated rings. The molecule has 2 nitrogen and oxygen atoms in total. The maximum atomic E-state index is 12.8. The summed E-state index contributed by atoms with van der Waals surface area (Å²) in [5.41, 5.74) is 0. The molecule has 0 saturated heterocycles. The molecular weight excluding hydrogens is 178 g/mol. The summed E-state index contributed by atoms with van der Waals surface area (Å²) in [5.74, 6) is -3.59. The molecule has 0 unspecified atom stereocenters. The van der Waals surface area contributed by atoms with Crippen molar-refractivity contribution in [3.8, 4) is 5.75 Å². The summed E-state index contributed by atoms with van der Waals surface area (Å²) >= 11 is 0. The van der Waals surface area contributed by atoms with Gasteiger partial charge in [0.25, 0.3) is 0 Å². The fourth-order valence-electron chi connectivity index (χ4n) is 0.683. The van der Waals surface area contributed by atoms with Gasteiger partial charge in [-0.1, -0.05) is 18.7 Å². The smallest absolute Gasteiger partial charge is 0.372 e. The highest BCUT2D eigenvalue weighted by molar-refractivity contribution is 5.87. The normalized spacial score (nSPS) is 9.38. The van der Waals surface area contributed by atoms with Gasteiger partial charge in [-0.15, -0.1) is 0 Å². The van der Waals surface area contributed by atoms with E-state index in [1.54, 1.807) is 0 Å². The second-order valence-corrected chi connectivity index (χ2v) is 2.22. The number of esters is 1. The van der Waals surface area contributed by atoms with Crippen molar-refractivity contribution in [2.45, 2.75) is 0 Å². The molecule has 0 atom stereocenters. The van der Waals surface area contributed by atoms with E-state index in [4.69, 9.17) is 0 Å². The average Bonchev–Trinajstić information content (AvgIpc) is 2.08. The number of ether oxygens (including phenoxy) is 1. The van der Waals surface area contributed by atoms with Crippen LogP contribution in [0.5, 0.6) is 5.75 Å². The Labute approximate surface area is 73.4 Å². The Hall–Kier alpha value is -1.71. The molecule has 0 saturated carbocycles. The fraction of sp³-hybridized carbons (Fsp3) is 0. The van der Waals surface area contributed by atoms with Crippen LogP contribution >= 0.6 is 0 Å². The predicted octanol–water partition coefficient (Wildman–Crippen LogP) is 2.21. The van der Waals surface area contributed by atoms with Gasteiger partial charge >= 0.3 is 5.97 Å². The van der Waals surface area contributed by atoms with E-state index in [-0.39, 0.29) is 5.75 Å². The maximum absolute atomic E-state index is 12.8. The molecule has 0 heterocycles. The molecule has 0 N–H and O–H groups in total. The van der Waals surface area contributed by atoms with E-state index >= 15 is 0 Å². The van der Waals surface area contributed by atoms with Gasteiger partial charge in [-0.2, -0.15) is 4.39 Å². The number of carbonyl (C=O) groups excluding carboxylic acids is 1. The lowest BCUT2D eigenvalue weighted by Gasteiger charge is -2.01. The first-order valence-electron chi connectivity index (χ1n) is 3.42. The van der Waals surface area contributed by atoms with Crippen LogP contribution in [0.25, 0.3) is 0 Å². The van der Waals surface area contributed by atoms with Crippen LogP contribution in [0.15, 0.2) is 36.7 Å². The molecule has 4 heteroatoms. The molecule has 0 aromatic heterocycles. The minimum Gasteiger partial charge on any atom is -0.418 e. The Morgan fingerprint density at radius 3 is 2.54 bits per heavy atom. The van der Waals surface area contributed by atoms with Crippen molar-refractivity contribution < 1.29 is 18.3 Å². The molecule has 13 heavy (non-hydrogen) atoms. The molecule has 0 radical (unpaired) electrons. The third-order valence-electron chi connectivity index (χ3n) is 1.26. The summed E-state index contributed by atoms with van der Waals surface area (Å²) < 4.78 is 29.2. The summed E-state index contributed by atoms with van der Waals surface area (Å²) in [4.78, 5) is 10.6. The van der Waals surface area contributed by atoms with Gasteiger partial charge in [0.2, 0.25) is 5.83 Å². The largest absolute Gasteiger partial charge is 0.418 e. The molecule has 0 aliphatic heterocycles. The molecule has 68 valence electrons. The van der Waals surface area contributed by atoms with Crippen LogP contribution in [0.3, 0.4) is 0 Å². The first kappa shape index (κ1) is 9.38. The average molecular weight is 184 g/mol. The molecule has 0 aliphatic rings. The highest BCUT2D eigenvalue weighted by Crippen LogP contribution is 2.16. The third kappa shape index (κ3) is 2.37. The van der Waals surface area contributed by atoms with Gasteiger partial charge < -0.3 is 4.74 Å². The molecule has 0 spiro atoms. The lowest BCUT2D eigenvalue weighted by Crippen LogP contribution is -2.08. The van der Waals surface area contributed by atoms with E-state index in [1.165, 1.54) is 18.2 Å². The van der Waals surface area contributed by atoms with Crippen molar-refractivity contribution >= 4 is 5.97 Å². The van der Waals surface area contributed by atoms with Crippen LogP contribution in [-0.2, 0) is 4.79 Å². The van der Waals surface area contributed by atoms with E-state index in [0.29, 0.717) is 0 Å². The second-order valence-electron chi connectivity index (χ2n) is 2.22. The van der Waals surface area contributed by atoms with Crippen molar-refractivity contribution in [1.82, 2.24) is 0 Å². The Morgan fingerprint density at radius 1 is 1.38 bits per heavy atom. The Morgan fingerprint density at radius 2 is 2.00 bits per heavy atom. The van der Waals surface area contributed by atoms with E-state index < -0.39 is 17.6 Å². The predicted molar refractivity (Wildman–Crippen MR) is 42.3 cm³/mol. The van der Waals surface area contributed by atoms with Crippen molar-refractivity contribution in [3.63, 3.8) is 0 Å². The molecular formula is C9H6F2O2. The van der Waals surface area contributed by atoms with Crippen LogP contribution < -0.4 is 4.74 Å². The Bertz CT molecular complexity index is 347. The zero-order valence-corrected chi connectivity index (χ0v) is 6.59. The number of carbonyl (C=O) groups is 1. The van der Waals surface area contributed by atoms with Crippen LogP contribution in [0.1, 0.15) is 0 Å². The monoisotopic (exact) mass is 184 g/mol. The standard InChI is InChI=1S/C9H6F2O2/c1-6(10)9(12)13-8-5-3-2-4-7(8)11/h2-5H,1H2. The van der Waals surface area contributed by atoms with Crippen molar-refractivity contribution in [2.24, 2.45) is 0 Å². The highest BCUT2D eigenvalue weighted by Gasteiger charge is 2.11. The first-order chi connectivity index (χ1) is 6.11. The number of hydrogen-bond donors (Lipinski definition) is 0. The van der Waals surface area contributed by atoms with Gasteiger partial charge in [-0.3, -0.25) is 0 Å². The Kier molecular flexibility index (Phi) is 2.74. The van der Waals surface area contributed by atoms with Gasteiger partial charge in [-0.25, -0.2) is 9.18 Å². The minimum absolute atomic E-state index is 0.314. The van der Waals surface area contributed by atoms with Crippen molar-refractivity contribution in [1.29, 1.82) is 0 Å². The minimum atomic E-state index is -1.29. The van der Waals surface area contributed by atoms with E-state index in [0.717, 1.165) is 6.07 Å². The number of hydrogen-bond acceptors (Lipinski definition) is 2. The molecule has 1 aromatic carbocycles. The molecule has 0 amide bonds. The number of halogens is 2. The first-order valence-corrected chi connectivity index (χ1v) is 3.42. The van der Waals surface area contributed by atoms with Gasteiger partial charge in [0.15, 0.2) is 11.6 Å². The van der Waals surface area contributed by atoms with Crippen molar-refractivity contribution in [3.05, 3.63) is 42.5 Å². The summed E-state index contributed by atoms with van der Waals surface area (Å²) in [6, 6.07) is 5.21. The van der Waals surface area contributed by atoms with Crippen LogP contribution in [0, 0.1) is 5.82 Å². The number of para-hydroxylation sites is 1. The van der Waals surface area contributed by atoms with E-state index in [1.807, 2.05) is 0 Å². The third-order valence-corrected chi connectivity index (χ3v) is 1.26. The lowest BCUT2D eigenvalue weighted by molar-refractivity contribution is -0.131. The molecule has 1 aromatic rings. The number of benzene rings is 1. The van der Waals surface area contributed by atoms with Crippen LogP contribution in [-0.4, -0.2) is 5.97 Å². The number of rotatable bonds is 2. The van der Waals surface area contributed by atoms with E-state index in [2.05, 4.69) is 11.3 Å². The van der Waals surface area contributed by atoms with Crippen LogP contribution in [0.2, 0.25) is 0 Å². The van der Waals surface area contributed by atoms with Gasteiger partial charge in [-0.05, 0) is 12.1 Å². The fourth-order valence-corrected chi connectivity index (χ4v) is 0.683. The zero-order chi connectivity index (χ0) is 9.84. The SMILES string of the molecule is C=C(F)C(=O)Oc1ccccc1F. The lowest BCUT2D eigenvalue weighted by atomic mass is 10.3. The summed E-state index contributed by atoms with van der Waals surface area (Å²) in [6.45, 7) is 2.72. The van der Waals surface area contributed by atoms with Gasteiger partial charge in [0.1, 0.15) is 0 Å². The maximum Gasteiger partial charge on any atom is 0.372 e. The summed E-state index contributed by atoms with van der Waals surface area (Å²) in [7, 11) is 0.